The molecule has 0 amide bonds. The Morgan fingerprint density at radius 1 is 0.892 bits per heavy atom. The number of nitrogens with zero attached hydrogens (tertiary/aromatic N) is 8. The normalized spacial score (nSPS) is 16.1. The van der Waals surface area contributed by atoms with Gasteiger partial charge in [-0.1, -0.05) is 6.07 Å². The second-order valence-electron chi connectivity index (χ2n) is 9.54. The fourth-order valence-electron chi connectivity index (χ4n) is 4.64. The number of aryl methyl sites for hydroxylation is 3. The molecule has 4 aromatic heterocycles. The SMILES string of the molecule is Cc1nc2nc(C)c(O)c(C)n2n1.c1cc(-c2ccc(N3CCCC3)nc2)ncc1CN1CCOCC1. The molecule has 0 aliphatic carbocycles. The first-order chi connectivity index (χ1) is 18.0. The van der Waals surface area contributed by atoms with Crippen LogP contribution in [0.25, 0.3) is 17.0 Å². The minimum Gasteiger partial charge on any atom is -0.504 e. The summed E-state index contributed by atoms with van der Waals surface area (Å²) in [6, 6.07) is 8.52. The first-order valence-electron chi connectivity index (χ1n) is 12.8. The van der Waals surface area contributed by atoms with Crippen LogP contribution >= 0.6 is 0 Å². The van der Waals surface area contributed by atoms with Crippen molar-refractivity contribution < 1.29 is 9.84 Å². The van der Waals surface area contributed by atoms with Gasteiger partial charge in [-0.15, -0.1) is 5.10 Å². The van der Waals surface area contributed by atoms with E-state index in [0.29, 0.717) is 23.0 Å². The molecule has 0 saturated carbocycles. The van der Waals surface area contributed by atoms with Crippen LogP contribution in [0.5, 0.6) is 5.75 Å². The van der Waals surface area contributed by atoms with Crippen molar-refractivity contribution in [1.82, 2.24) is 34.4 Å². The van der Waals surface area contributed by atoms with E-state index >= 15 is 0 Å². The molecule has 2 fully saturated rings. The van der Waals surface area contributed by atoms with Gasteiger partial charge in [-0.3, -0.25) is 9.88 Å². The molecule has 0 spiro atoms. The fourth-order valence-corrected chi connectivity index (χ4v) is 4.64. The highest BCUT2D eigenvalue weighted by molar-refractivity contribution is 5.60. The largest absolute Gasteiger partial charge is 0.504 e. The zero-order valence-electron chi connectivity index (χ0n) is 21.8. The summed E-state index contributed by atoms with van der Waals surface area (Å²) in [6.45, 7) is 12.2. The molecule has 0 radical (unpaired) electrons. The second-order valence-corrected chi connectivity index (χ2v) is 9.54. The Balaban J connectivity index is 0.000000182. The summed E-state index contributed by atoms with van der Waals surface area (Å²) >= 11 is 0. The van der Waals surface area contributed by atoms with E-state index in [0.717, 1.165) is 63.0 Å². The van der Waals surface area contributed by atoms with Crippen LogP contribution in [0, 0.1) is 20.8 Å². The molecule has 0 bridgehead atoms. The van der Waals surface area contributed by atoms with Crippen molar-refractivity contribution in [3.05, 3.63) is 59.4 Å². The van der Waals surface area contributed by atoms with Gasteiger partial charge < -0.3 is 14.7 Å². The molecule has 0 unspecified atom stereocenters. The molecule has 194 valence electrons. The Labute approximate surface area is 217 Å². The molecule has 4 aromatic rings. The summed E-state index contributed by atoms with van der Waals surface area (Å²) in [5.41, 5.74) is 4.57. The fraction of sp³-hybridized carbons (Fsp3) is 0.444. The number of fused-ring (bicyclic) bond motifs is 1. The predicted molar refractivity (Wildman–Crippen MR) is 142 cm³/mol. The van der Waals surface area contributed by atoms with Crippen LogP contribution in [-0.4, -0.2) is 78.9 Å². The Bertz CT molecular complexity index is 1330. The maximum Gasteiger partial charge on any atom is 0.253 e. The third-order valence-corrected chi connectivity index (χ3v) is 6.78. The van der Waals surface area contributed by atoms with Crippen LogP contribution < -0.4 is 4.90 Å². The van der Waals surface area contributed by atoms with Gasteiger partial charge in [-0.2, -0.15) is 9.50 Å². The summed E-state index contributed by atoms with van der Waals surface area (Å²) in [5, 5.41) is 13.7. The monoisotopic (exact) mass is 502 g/mol. The van der Waals surface area contributed by atoms with Gasteiger partial charge in [0, 0.05) is 50.7 Å². The molecule has 10 nitrogen and oxygen atoms in total. The van der Waals surface area contributed by atoms with E-state index in [9.17, 15) is 5.11 Å². The molecule has 10 heteroatoms. The molecule has 6 heterocycles. The summed E-state index contributed by atoms with van der Waals surface area (Å²) in [5.74, 6) is 2.45. The number of aromatic hydroxyl groups is 1. The third-order valence-electron chi connectivity index (χ3n) is 6.78. The van der Waals surface area contributed by atoms with E-state index in [1.165, 1.54) is 22.9 Å². The molecular weight excluding hydrogens is 468 g/mol. The van der Waals surface area contributed by atoms with Crippen molar-refractivity contribution in [1.29, 1.82) is 0 Å². The van der Waals surface area contributed by atoms with E-state index in [-0.39, 0.29) is 5.75 Å². The molecule has 37 heavy (non-hydrogen) atoms. The van der Waals surface area contributed by atoms with E-state index in [4.69, 9.17) is 4.74 Å². The van der Waals surface area contributed by atoms with Crippen molar-refractivity contribution in [2.75, 3.05) is 44.3 Å². The second kappa shape index (κ2) is 11.2. The first kappa shape index (κ1) is 25.0. The quantitative estimate of drug-likeness (QED) is 0.450. The average molecular weight is 503 g/mol. The van der Waals surface area contributed by atoms with Crippen LogP contribution in [0.1, 0.15) is 35.6 Å². The van der Waals surface area contributed by atoms with Gasteiger partial charge in [0.25, 0.3) is 5.78 Å². The minimum atomic E-state index is 0.178. The number of pyridine rings is 2. The van der Waals surface area contributed by atoms with Gasteiger partial charge in [0.15, 0.2) is 5.75 Å². The smallest absolute Gasteiger partial charge is 0.253 e. The lowest BCUT2D eigenvalue weighted by Crippen LogP contribution is -2.35. The maximum absolute atomic E-state index is 9.56. The Kier molecular flexibility index (Phi) is 7.57. The molecule has 2 saturated heterocycles. The Hall–Kier alpha value is -3.63. The number of rotatable bonds is 4. The molecular formula is C27H34N8O2. The van der Waals surface area contributed by atoms with Crippen molar-refractivity contribution in [2.24, 2.45) is 0 Å². The van der Waals surface area contributed by atoms with E-state index in [2.05, 4.69) is 59.1 Å². The van der Waals surface area contributed by atoms with Crippen LogP contribution in [-0.2, 0) is 11.3 Å². The first-order valence-corrected chi connectivity index (χ1v) is 12.8. The number of aromatic nitrogens is 6. The standard InChI is InChI=1S/C19H24N4O.C8H10N4O/c1-2-8-23(7-1)19-6-4-17(14-21-19)18-5-3-16(13-20-18)15-22-9-11-24-12-10-22;1-4-7(13)5(2)12-8(9-4)10-6(3)11-12/h3-6,13-14H,1-2,7-12,15H2;13H,1-3H3. The van der Waals surface area contributed by atoms with E-state index < -0.39 is 0 Å². The van der Waals surface area contributed by atoms with Crippen molar-refractivity contribution >= 4 is 11.6 Å². The van der Waals surface area contributed by atoms with Gasteiger partial charge in [0.1, 0.15) is 11.6 Å². The summed E-state index contributed by atoms with van der Waals surface area (Å²) in [4.78, 5) is 22.2. The number of hydrogen-bond donors (Lipinski definition) is 1. The lowest BCUT2D eigenvalue weighted by molar-refractivity contribution is 0.0341. The molecule has 6 rings (SSSR count). The molecule has 1 N–H and O–H groups in total. The van der Waals surface area contributed by atoms with Gasteiger partial charge >= 0.3 is 0 Å². The topological polar surface area (TPSA) is 105 Å². The number of morpholine rings is 1. The van der Waals surface area contributed by atoms with Crippen LogP contribution in [0.4, 0.5) is 5.82 Å². The van der Waals surface area contributed by atoms with Crippen molar-refractivity contribution in [3.63, 3.8) is 0 Å². The van der Waals surface area contributed by atoms with Gasteiger partial charge in [-0.05, 0) is 57.4 Å². The van der Waals surface area contributed by atoms with Gasteiger partial charge in [0.05, 0.1) is 30.3 Å². The highest BCUT2D eigenvalue weighted by Gasteiger charge is 2.14. The summed E-state index contributed by atoms with van der Waals surface area (Å²) in [7, 11) is 0. The van der Waals surface area contributed by atoms with Crippen LogP contribution in [0.15, 0.2) is 36.7 Å². The van der Waals surface area contributed by atoms with Crippen molar-refractivity contribution in [3.8, 4) is 17.0 Å². The Morgan fingerprint density at radius 3 is 2.35 bits per heavy atom. The molecule has 2 aliphatic heterocycles. The maximum atomic E-state index is 9.56. The highest BCUT2D eigenvalue weighted by atomic mass is 16.5. The summed E-state index contributed by atoms with van der Waals surface area (Å²) in [6.07, 6.45) is 6.47. The van der Waals surface area contributed by atoms with Crippen LogP contribution in [0.2, 0.25) is 0 Å². The Morgan fingerprint density at radius 2 is 1.68 bits per heavy atom. The van der Waals surface area contributed by atoms with Gasteiger partial charge in [0.2, 0.25) is 0 Å². The number of anilines is 1. The van der Waals surface area contributed by atoms with E-state index in [1.54, 1.807) is 20.8 Å². The van der Waals surface area contributed by atoms with Crippen LogP contribution in [0.3, 0.4) is 0 Å². The lowest BCUT2D eigenvalue weighted by Gasteiger charge is -2.26. The molecule has 0 aromatic carbocycles. The summed E-state index contributed by atoms with van der Waals surface area (Å²) < 4.78 is 6.93. The molecule has 0 atom stereocenters. The predicted octanol–water partition coefficient (Wildman–Crippen LogP) is 3.33. The number of hydrogen-bond acceptors (Lipinski definition) is 9. The van der Waals surface area contributed by atoms with Gasteiger partial charge in [-0.25, -0.2) is 9.97 Å². The average Bonchev–Trinajstić information content (AvgIpc) is 3.59. The zero-order chi connectivity index (χ0) is 25.8. The van der Waals surface area contributed by atoms with Crippen molar-refractivity contribution in [2.45, 2.75) is 40.2 Å². The molecule has 2 aliphatic rings. The zero-order valence-corrected chi connectivity index (χ0v) is 21.8. The minimum absolute atomic E-state index is 0.178. The number of ether oxygens (including phenoxy) is 1. The van der Waals surface area contributed by atoms with E-state index in [1.807, 2.05) is 12.4 Å². The lowest BCUT2D eigenvalue weighted by atomic mass is 10.1. The third kappa shape index (κ3) is 5.86. The highest BCUT2D eigenvalue weighted by Crippen LogP contribution is 2.22.